The van der Waals surface area contributed by atoms with Gasteiger partial charge in [-0.05, 0) is 61.1 Å². The van der Waals surface area contributed by atoms with Crippen LogP contribution in [0.3, 0.4) is 0 Å². The Balaban J connectivity index is 2.51. The van der Waals surface area contributed by atoms with Gasteiger partial charge in [-0.3, -0.25) is 0 Å². The first-order valence-electron chi connectivity index (χ1n) is 5.43. The van der Waals surface area contributed by atoms with Crippen LogP contribution in [0, 0.1) is 0 Å². The lowest BCUT2D eigenvalue weighted by atomic mass is 9.86. The molecule has 0 amide bonds. The second-order valence-corrected chi connectivity index (χ2v) is 4.07. The highest BCUT2D eigenvalue weighted by Crippen LogP contribution is 2.32. The summed E-state index contributed by atoms with van der Waals surface area (Å²) in [6, 6.07) is 6.23. The van der Waals surface area contributed by atoms with Crippen LogP contribution in [0.2, 0.25) is 0 Å². The van der Waals surface area contributed by atoms with E-state index in [0.717, 1.165) is 18.5 Å². The van der Waals surface area contributed by atoms with Crippen molar-refractivity contribution in [3.05, 3.63) is 47.1 Å². The van der Waals surface area contributed by atoms with E-state index in [1.807, 2.05) is 6.07 Å². The summed E-state index contributed by atoms with van der Waals surface area (Å²) >= 11 is 0. The lowest BCUT2D eigenvalue weighted by Gasteiger charge is -2.19. The smallest absolute Gasteiger partial charge is 0.0317 e. The van der Waals surface area contributed by atoms with E-state index in [0.29, 0.717) is 0 Å². The minimum atomic E-state index is 0.871. The number of anilines is 1. The minimum absolute atomic E-state index is 0.871. The summed E-state index contributed by atoms with van der Waals surface area (Å²) in [6.45, 7) is 4.27. The molecule has 0 fully saturated rings. The van der Waals surface area contributed by atoms with Crippen molar-refractivity contribution in [3.8, 4) is 0 Å². The average molecular weight is 199 g/mol. The number of fused-ring (bicyclic) bond motifs is 1. The van der Waals surface area contributed by atoms with Crippen LogP contribution in [-0.4, -0.2) is 0 Å². The van der Waals surface area contributed by atoms with Gasteiger partial charge in [-0.1, -0.05) is 18.2 Å². The summed E-state index contributed by atoms with van der Waals surface area (Å²) in [4.78, 5) is 0. The molecule has 0 atom stereocenters. The Bertz CT molecular complexity index is 439. The Kier molecular flexibility index (Phi) is 2.63. The van der Waals surface area contributed by atoms with Crippen molar-refractivity contribution >= 4 is 11.3 Å². The van der Waals surface area contributed by atoms with E-state index >= 15 is 0 Å². The number of hydrogen-bond acceptors (Lipinski definition) is 1. The maximum atomic E-state index is 5.79. The van der Waals surface area contributed by atoms with Crippen LogP contribution in [-0.2, 0) is 6.42 Å². The molecular formula is C14H17N. The maximum Gasteiger partial charge on any atom is 0.0317 e. The molecule has 0 radical (unpaired) electrons. The van der Waals surface area contributed by atoms with Gasteiger partial charge in [0.15, 0.2) is 0 Å². The van der Waals surface area contributed by atoms with Crippen LogP contribution in [0.5, 0.6) is 0 Å². The summed E-state index contributed by atoms with van der Waals surface area (Å²) in [7, 11) is 0. The van der Waals surface area contributed by atoms with Crippen molar-refractivity contribution in [1.82, 2.24) is 0 Å². The van der Waals surface area contributed by atoms with Crippen molar-refractivity contribution < 1.29 is 0 Å². The molecule has 0 heterocycles. The molecule has 1 aromatic rings. The molecule has 1 aliphatic carbocycles. The SMILES string of the molecule is C/C=C\C1=C(C)c2ccc(N)cc2CC1. The van der Waals surface area contributed by atoms with E-state index in [1.54, 1.807) is 0 Å². The molecule has 0 saturated heterocycles. The van der Waals surface area contributed by atoms with Gasteiger partial charge in [0.05, 0.1) is 0 Å². The highest BCUT2D eigenvalue weighted by molar-refractivity contribution is 5.74. The minimum Gasteiger partial charge on any atom is -0.399 e. The summed E-state index contributed by atoms with van der Waals surface area (Å²) < 4.78 is 0. The van der Waals surface area contributed by atoms with Crippen molar-refractivity contribution in [2.45, 2.75) is 26.7 Å². The van der Waals surface area contributed by atoms with Crippen molar-refractivity contribution in [1.29, 1.82) is 0 Å². The van der Waals surface area contributed by atoms with Crippen LogP contribution in [0.25, 0.3) is 5.57 Å². The zero-order valence-electron chi connectivity index (χ0n) is 9.38. The van der Waals surface area contributed by atoms with Gasteiger partial charge in [0, 0.05) is 5.69 Å². The number of benzene rings is 1. The summed E-state index contributed by atoms with van der Waals surface area (Å²) in [5, 5.41) is 0. The van der Waals surface area contributed by atoms with Crippen LogP contribution in [0.15, 0.2) is 35.9 Å². The lowest BCUT2D eigenvalue weighted by Crippen LogP contribution is -2.03. The fourth-order valence-electron chi connectivity index (χ4n) is 2.23. The molecule has 0 unspecified atom stereocenters. The van der Waals surface area contributed by atoms with Crippen LogP contribution >= 0.6 is 0 Å². The van der Waals surface area contributed by atoms with Gasteiger partial charge in [-0.2, -0.15) is 0 Å². The topological polar surface area (TPSA) is 26.0 Å². The Morgan fingerprint density at radius 3 is 2.80 bits per heavy atom. The fraction of sp³-hybridized carbons (Fsp3) is 0.286. The van der Waals surface area contributed by atoms with Crippen LogP contribution in [0.4, 0.5) is 5.69 Å². The van der Waals surface area contributed by atoms with Gasteiger partial charge in [0.2, 0.25) is 0 Å². The Morgan fingerprint density at radius 2 is 2.07 bits per heavy atom. The van der Waals surface area contributed by atoms with E-state index in [9.17, 15) is 0 Å². The first kappa shape index (κ1) is 10.0. The monoisotopic (exact) mass is 199 g/mol. The molecule has 2 rings (SSSR count). The number of rotatable bonds is 1. The van der Waals surface area contributed by atoms with Gasteiger partial charge < -0.3 is 5.73 Å². The lowest BCUT2D eigenvalue weighted by molar-refractivity contribution is 0.939. The van der Waals surface area contributed by atoms with Gasteiger partial charge in [-0.15, -0.1) is 0 Å². The van der Waals surface area contributed by atoms with Gasteiger partial charge in [0.25, 0.3) is 0 Å². The molecule has 1 nitrogen and oxygen atoms in total. The zero-order valence-corrected chi connectivity index (χ0v) is 9.38. The molecule has 0 saturated carbocycles. The van der Waals surface area contributed by atoms with Gasteiger partial charge >= 0.3 is 0 Å². The number of nitrogen functional groups attached to an aromatic ring is 1. The van der Waals surface area contributed by atoms with E-state index < -0.39 is 0 Å². The molecule has 1 aromatic carbocycles. The van der Waals surface area contributed by atoms with Crippen LogP contribution in [0.1, 0.15) is 31.4 Å². The standard InChI is InChI=1S/C14H17N/c1-3-4-11-5-6-12-9-13(15)7-8-14(12)10(11)2/h3-4,7-9H,5-6,15H2,1-2H3/b4-3-. The molecule has 2 N–H and O–H groups in total. The van der Waals surface area contributed by atoms with E-state index in [4.69, 9.17) is 5.73 Å². The third-order valence-electron chi connectivity index (χ3n) is 3.05. The summed E-state index contributed by atoms with van der Waals surface area (Å²) in [5.41, 5.74) is 12.3. The largest absolute Gasteiger partial charge is 0.399 e. The molecule has 0 spiro atoms. The molecule has 1 aliphatic rings. The van der Waals surface area contributed by atoms with E-state index in [1.165, 1.54) is 22.3 Å². The van der Waals surface area contributed by atoms with Gasteiger partial charge in [0.1, 0.15) is 0 Å². The van der Waals surface area contributed by atoms with E-state index in [-0.39, 0.29) is 0 Å². The molecule has 0 aromatic heterocycles. The first-order chi connectivity index (χ1) is 7.22. The van der Waals surface area contributed by atoms with Crippen molar-refractivity contribution in [3.63, 3.8) is 0 Å². The first-order valence-corrected chi connectivity index (χ1v) is 5.43. The third-order valence-corrected chi connectivity index (χ3v) is 3.05. The second-order valence-electron chi connectivity index (χ2n) is 4.07. The van der Waals surface area contributed by atoms with Crippen molar-refractivity contribution in [2.24, 2.45) is 0 Å². The normalized spacial score (nSPS) is 15.9. The van der Waals surface area contributed by atoms with Crippen molar-refractivity contribution in [2.75, 3.05) is 5.73 Å². The molecule has 78 valence electrons. The third kappa shape index (κ3) is 1.82. The quantitative estimate of drug-likeness (QED) is 0.687. The fourth-order valence-corrected chi connectivity index (χ4v) is 2.23. The predicted molar refractivity (Wildman–Crippen MR) is 66.6 cm³/mol. The number of hydrogen-bond donors (Lipinski definition) is 1. The maximum absolute atomic E-state index is 5.79. The van der Waals surface area contributed by atoms with E-state index in [2.05, 4.69) is 38.1 Å². The molecule has 0 bridgehead atoms. The Morgan fingerprint density at radius 1 is 1.27 bits per heavy atom. The highest BCUT2D eigenvalue weighted by Gasteiger charge is 2.13. The highest BCUT2D eigenvalue weighted by atomic mass is 14.5. The number of aryl methyl sites for hydroxylation is 1. The Hall–Kier alpha value is -1.50. The zero-order chi connectivity index (χ0) is 10.8. The average Bonchev–Trinajstić information content (AvgIpc) is 2.22. The Labute approximate surface area is 91.3 Å². The number of allylic oxidation sites excluding steroid dienone is 4. The molecule has 15 heavy (non-hydrogen) atoms. The molecule has 0 aliphatic heterocycles. The molecule has 1 heteroatoms. The summed E-state index contributed by atoms with van der Waals surface area (Å²) in [6.07, 6.45) is 6.57. The second kappa shape index (κ2) is 3.93. The predicted octanol–water partition coefficient (Wildman–Crippen LogP) is 3.56. The number of nitrogens with two attached hydrogens (primary N) is 1. The van der Waals surface area contributed by atoms with Gasteiger partial charge in [-0.25, -0.2) is 0 Å². The molecular weight excluding hydrogens is 182 g/mol. The van der Waals surface area contributed by atoms with Crippen LogP contribution < -0.4 is 5.73 Å². The summed E-state index contributed by atoms with van der Waals surface area (Å²) in [5.74, 6) is 0.